The highest BCUT2D eigenvalue weighted by molar-refractivity contribution is 5.56. The SMILES string of the molecule is O=CC1CC(O)(C(F)(F)F)C1. The Labute approximate surface area is 61.0 Å². The maximum absolute atomic E-state index is 11.8. The number of halogens is 3. The Balaban J connectivity index is 2.56. The van der Waals surface area contributed by atoms with Crippen molar-refractivity contribution < 1.29 is 23.1 Å². The molecule has 2 nitrogen and oxygen atoms in total. The van der Waals surface area contributed by atoms with Crippen molar-refractivity contribution in [1.82, 2.24) is 0 Å². The second-order valence-corrected chi connectivity index (χ2v) is 2.83. The van der Waals surface area contributed by atoms with Gasteiger partial charge in [0.05, 0.1) is 0 Å². The van der Waals surface area contributed by atoms with E-state index in [0.29, 0.717) is 6.29 Å². The third-order valence-electron chi connectivity index (χ3n) is 1.92. The summed E-state index contributed by atoms with van der Waals surface area (Å²) in [5, 5.41) is 8.76. The first kappa shape index (κ1) is 8.52. The molecule has 1 N–H and O–H groups in total. The van der Waals surface area contributed by atoms with Gasteiger partial charge in [-0.25, -0.2) is 0 Å². The quantitative estimate of drug-likeness (QED) is 0.590. The lowest BCUT2D eigenvalue weighted by atomic mass is 9.71. The van der Waals surface area contributed by atoms with Crippen molar-refractivity contribution in [2.45, 2.75) is 24.6 Å². The zero-order chi connectivity index (χ0) is 8.70. The van der Waals surface area contributed by atoms with Crippen molar-refractivity contribution in [1.29, 1.82) is 0 Å². The minimum Gasteiger partial charge on any atom is -0.380 e. The molecule has 0 saturated heterocycles. The molecule has 1 aliphatic rings. The van der Waals surface area contributed by atoms with Crippen LogP contribution in [0.1, 0.15) is 12.8 Å². The van der Waals surface area contributed by atoms with E-state index >= 15 is 0 Å². The number of carbonyl (C=O) groups excluding carboxylic acids is 1. The normalized spacial score (nSPS) is 38.0. The zero-order valence-corrected chi connectivity index (χ0v) is 5.56. The molecule has 64 valence electrons. The number of alkyl halides is 3. The summed E-state index contributed by atoms with van der Waals surface area (Å²) in [7, 11) is 0. The molecular weight excluding hydrogens is 161 g/mol. The Morgan fingerprint density at radius 2 is 1.91 bits per heavy atom. The molecule has 1 aliphatic carbocycles. The topological polar surface area (TPSA) is 37.3 Å². The lowest BCUT2D eigenvalue weighted by molar-refractivity contribution is -0.294. The largest absolute Gasteiger partial charge is 0.417 e. The third-order valence-corrected chi connectivity index (χ3v) is 1.92. The van der Waals surface area contributed by atoms with E-state index in [9.17, 15) is 18.0 Å². The monoisotopic (exact) mass is 168 g/mol. The molecule has 11 heavy (non-hydrogen) atoms. The molecule has 0 spiro atoms. The molecule has 0 aromatic heterocycles. The van der Waals surface area contributed by atoms with Gasteiger partial charge in [-0.05, 0) is 12.8 Å². The summed E-state index contributed by atoms with van der Waals surface area (Å²) in [6, 6.07) is 0. The summed E-state index contributed by atoms with van der Waals surface area (Å²) in [6.45, 7) is 0. The second-order valence-electron chi connectivity index (χ2n) is 2.83. The molecule has 5 heteroatoms. The van der Waals surface area contributed by atoms with Crippen molar-refractivity contribution in [3.63, 3.8) is 0 Å². The Hall–Kier alpha value is -0.580. The van der Waals surface area contributed by atoms with Crippen LogP contribution in [0.3, 0.4) is 0 Å². The van der Waals surface area contributed by atoms with Gasteiger partial charge in [0.2, 0.25) is 0 Å². The minimum absolute atomic E-state index is 0.445. The fraction of sp³-hybridized carbons (Fsp3) is 0.833. The fourth-order valence-electron chi connectivity index (χ4n) is 1.14. The van der Waals surface area contributed by atoms with Crippen molar-refractivity contribution >= 4 is 6.29 Å². The van der Waals surface area contributed by atoms with E-state index in [2.05, 4.69) is 0 Å². The van der Waals surface area contributed by atoms with Crippen molar-refractivity contribution in [2.24, 2.45) is 5.92 Å². The summed E-state index contributed by atoms with van der Waals surface area (Å²) < 4.78 is 35.5. The number of carbonyl (C=O) groups is 1. The van der Waals surface area contributed by atoms with Gasteiger partial charge >= 0.3 is 6.18 Å². The predicted octanol–water partition coefficient (Wildman–Crippen LogP) is 0.889. The second kappa shape index (κ2) is 2.20. The molecule has 1 rings (SSSR count). The van der Waals surface area contributed by atoms with Crippen LogP contribution in [-0.2, 0) is 4.79 Å². The van der Waals surface area contributed by atoms with E-state index in [1.54, 1.807) is 0 Å². The smallest absolute Gasteiger partial charge is 0.380 e. The highest BCUT2D eigenvalue weighted by Gasteiger charge is 2.61. The number of rotatable bonds is 1. The van der Waals surface area contributed by atoms with Crippen LogP contribution in [0.5, 0.6) is 0 Å². The summed E-state index contributed by atoms with van der Waals surface area (Å²) in [5.74, 6) is -0.623. The fourth-order valence-corrected chi connectivity index (χ4v) is 1.14. The molecule has 1 saturated carbocycles. The Bertz CT molecular complexity index is 169. The molecule has 0 aliphatic heterocycles. The van der Waals surface area contributed by atoms with Crippen LogP contribution in [-0.4, -0.2) is 23.2 Å². The Morgan fingerprint density at radius 3 is 2.18 bits per heavy atom. The van der Waals surface area contributed by atoms with Gasteiger partial charge in [-0.15, -0.1) is 0 Å². The maximum Gasteiger partial charge on any atom is 0.417 e. The first-order chi connectivity index (χ1) is 4.89. The van der Waals surface area contributed by atoms with E-state index in [1.165, 1.54) is 0 Å². The molecular formula is C6H7F3O2. The van der Waals surface area contributed by atoms with E-state index in [-0.39, 0.29) is 0 Å². The lowest BCUT2D eigenvalue weighted by Crippen LogP contribution is -2.55. The van der Waals surface area contributed by atoms with Gasteiger partial charge in [-0.3, -0.25) is 0 Å². The number of hydrogen-bond acceptors (Lipinski definition) is 2. The standard InChI is InChI=1S/C6H7F3O2/c7-6(8,9)5(11)1-4(2-5)3-10/h3-4,11H,1-2H2. The van der Waals surface area contributed by atoms with Crippen LogP contribution in [0.4, 0.5) is 13.2 Å². The molecule has 0 heterocycles. The molecule has 0 atom stereocenters. The van der Waals surface area contributed by atoms with Crippen molar-refractivity contribution in [3.05, 3.63) is 0 Å². The molecule has 0 amide bonds. The summed E-state index contributed by atoms with van der Waals surface area (Å²) in [6.07, 6.45) is -5.12. The van der Waals surface area contributed by atoms with E-state index in [0.717, 1.165) is 0 Å². The van der Waals surface area contributed by atoms with Crippen LogP contribution in [0.15, 0.2) is 0 Å². The van der Waals surface area contributed by atoms with Crippen LogP contribution in [0, 0.1) is 5.92 Å². The van der Waals surface area contributed by atoms with Gasteiger partial charge in [-0.2, -0.15) is 13.2 Å². The number of aliphatic hydroxyl groups is 1. The zero-order valence-electron chi connectivity index (χ0n) is 5.56. The molecule has 0 bridgehead atoms. The minimum atomic E-state index is -4.59. The van der Waals surface area contributed by atoms with Gasteiger partial charge in [-0.1, -0.05) is 0 Å². The van der Waals surface area contributed by atoms with E-state index in [4.69, 9.17) is 5.11 Å². The van der Waals surface area contributed by atoms with Crippen molar-refractivity contribution in [3.8, 4) is 0 Å². The molecule has 1 fully saturated rings. The van der Waals surface area contributed by atoms with Crippen LogP contribution < -0.4 is 0 Å². The van der Waals surface area contributed by atoms with Gasteiger partial charge < -0.3 is 9.90 Å². The highest BCUT2D eigenvalue weighted by Crippen LogP contribution is 2.47. The summed E-state index contributed by atoms with van der Waals surface area (Å²) in [5.41, 5.74) is -2.60. The Morgan fingerprint density at radius 1 is 1.45 bits per heavy atom. The van der Waals surface area contributed by atoms with Gasteiger partial charge in [0.15, 0.2) is 5.60 Å². The molecule has 0 unspecified atom stereocenters. The van der Waals surface area contributed by atoms with Crippen LogP contribution in [0.2, 0.25) is 0 Å². The first-order valence-corrected chi connectivity index (χ1v) is 3.13. The van der Waals surface area contributed by atoms with Crippen LogP contribution in [0.25, 0.3) is 0 Å². The van der Waals surface area contributed by atoms with E-state index in [1.807, 2.05) is 0 Å². The number of aldehydes is 1. The van der Waals surface area contributed by atoms with E-state index < -0.39 is 30.5 Å². The first-order valence-electron chi connectivity index (χ1n) is 3.13. The van der Waals surface area contributed by atoms with Gasteiger partial charge in [0.25, 0.3) is 0 Å². The molecule has 0 aromatic carbocycles. The third kappa shape index (κ3) is 1.24. The summed E-state index contributed by atoms with van der Waals surface area (Å²) in [4.78, 5) is 9.92. The summed E-state index contributed by atoms with van der Waals surface area (Å²) >= 11 is 0. The van der Waals surface area contributed by atoms with Crippen LogP contribution >= 0.6 is 0 Å². The average Bonchev–Trinajstić information content (AvgIpc) is 1.78. The van der Waals surface area contributed by atoms with Crippen molar-refractivity contribution in [2.75, 3.05) is 0 Å². The lowest BCUT2D eigenvalue weighted by Gasteiger charge is -2.41. The average molecular weight is 168 g/mol. The van der Waals surface area contributed by atoms with Gasteiger partial charge in [0, 0.05) is 5.92 Å². The predicted molar refractivity (Wildman–Crippen MR) is 29.8 cm³/mol. The molecule has 0 radical (unpaired) electrons. The van der Waals surface area contributed by atoms with Gasteiger partial charge in [0.1, 0.15) is 6.29 Å². The maximum atomic E-state index is 11.8. The highest BCUT2D eigenvalue weighted by atomic mass is 19.4. The number of hydrogen-bond donors (Lipinski definition) is 1. The molecule has 0 aromatic rings. The Kier molecular flexibility index (Phi) is 1.70.